The second-order valence-electron chi connectivity index (χ2n) is 11.1. The van der Waals surface area contributed by atoms with Crippen LogP contribution in [0.5, 0.6) is 0 Å². The summed E-state index contributed by atoms with van der Waals surface area (Å²) in [5, 5.41) is 2.15. The van der Waals surface area contributed by atoms with Gasteiger partial charge in [-0.1, -0.05) is 84.9 Å². The zero-order valence-corrected chi connectivity index (χ0v) is 24.2. The molecule has 0 unspecified atom stereocenters. The topological polar surface area (TPSA) is 47.7 Å². The zero-order valence-electron chi connectivity index (χ0n) is 24.2. The van der Waals surface area contributed by atoms with Gasteiger partial charge in [0.05, 0.1) is 25.5 Å². The molecule has 0 spiro atoms. The molecule has 0 aliphatic rings. The summed E-state index contributed by atoms with van der Waals surface area (Å²) in [6.45, 7) is 2.15. The molecule has 3 heterocycles. The van der Waals surface area contributed by atoms with Gasteiger partial charge in [-0.15, -0.1) is 0 Å². The Hall–Kier alpha value is -5.55. The maximum atomic E-state index is 6.64. The highest BCUT2D eigenvalue weighted by molar-refractivity contribution is 6.10. The van der Waals surface area contributed by atoms with Gasteiger partial charge in [0.2, 0.25) is 0 Å². The van der Waals surface area contributed by atoms with Gasteiger partial charge in [-0.3, -0.25) is 0 Å². The van der Waals surface area contributed by atoms with Crippen molar-refractivity contribution in [2.24, 2.45) is 14.1 Å². The number of hydrogen-bond acceptors (Lipinski definition) is 3. The third kappa shape index (κ3) is 4.04. The van der Waals surface area contributed by atoms with Crippen molar-refractivity contribution >= 4 is 33.0 Å². The predicted molar refractivity (Wildman–Crippen MR) is 173 cm³/mol. The third-order valence-electron chi connectivity index (χ3n) is 8.43. The highest BCUT2D eigenvalue weighted by atomic mass is 16.3. The fraction of sp³-hybridized carbons (Fsp3) is 0.0789. The molecule has 8 aromatic rings. The molecular weight excluding hydrogens is 528 g/mol. The molecule has 3 aromatic heterocycles. The minimum atomic E-state index is 0.704. The summed E-state index contributed by atoms with van der Waals surface area (Å²) in [7, 11) is 4.25. The molecule has 0 atom stereocenters. The van der Waals surface area contributed by atoms with Gasteiger partial charge in [0.15, 0.2) is 22.4 Å². The van der Waals surface area contributed by atoms with Crippen LogP contribution in [0.2, 0.25) is 0 Å². The van der Waals surface area contributed by atoms with Crippen molar-refractivity contribution in [2.45, 2.75) is 6.92 Å². The van der Waals surface area contributed by atoms with E-state index >= 15 is 0 Å². The molecule has 0 aliphatic heterocycles. The van der Waals surface area contributed by atoms with E-state index in [4.69, 9.17) is 14.4 Å². The highest BCUT2D eigenvalue weighted by Gasteiger charge is 2.27. The summed E-state index contributed by atoms with van der Waals surface area (Å²) in [4.78, 5) is 10.0. The van der Waals surface area contributed by atoms with Gasteiger partial charge in [-0.05, 0) is 48.9 Å². The Morgan fingerprint density at radius 3 is 2.07 bits per heavy atom. The van der Waals surface area contributed by atoms with Crippen LogP contribution >= 0.6 is 0 Å². The Morgan fingerprint density at radius 2 is 1.33 bits per heavy atom. The number of para-hydroxylation sites is 2. The number of furan rings is 1. The normalized spacial score (nSPS) is 11.6. The van der Waals surface area contributed by atoms with Gasteiger partial charge in [-0.2, -0.15) is 0 Å². The smallest absolute Gasteiger partial charge is 0.293 e. The fourth-order valence-electron chi connectivity index (χ4n) is 6.26. The zero-order chi connectivity index (χ0) is 29.1. The molecule has 0 fully saturated rings. The van der Waals surface area contributed by atoms with E-state index in [0.717, 1.165) is 61.4 Å². The first-order valence-electron chi connectivity index (χ1n) is 14.5. The minimum Gasteiger partial charge on any atom is -0.455 e. The SMILES string of the molecule is Cc1ccc2c(oc3ccc(-c4cc(-c5ccccc5)nc(-c5ccccc5)n4)cc32)c1-c1n(C)c2ccccc2[n+]1C. The summed E-state index contributed by atoms with van der Waals surface area (Å²) >= 11 is 0. The lowest BCUT2D eigenvalue weighted by molar-refractivity contribution is -0.634. The number of rotatable bonds is 4. The monoisotopic (exact) mass is 557 g/mol. The van der Waals surface area contributed by atoms with Crippen LogP contribution in [0.4, 0.5) is 0 Å². The second-order valence-corrected chi connectivity index (χ2v) is 11.1. The number of benzene rings is 5. The number of nitrogens with zero attached hydrogens (tertiary/aromatic N) is 4. The van der Waals surface area contributed by atoms with Crippen LogP contribution in [0, 0.1) is 6.92 Å². The van der Waals surface area contributed by atoms with Crippen LogP contribution in [0.3, 0.4) is 0 Å². The van der Waals surface area contributed by atoms with Crippen molar-refractivity contribution < 1.29 is 8.98 Å². The van der Waals surface area contributed by atoms with Gasteiger partial charge >= 0.3 is 0 Å². The second kappa shape index (κ2) is 9.78. The molecule has 0 aliphatic carbocycles. The van der Waals surface area contributed by atoms with Crippen LogP contribution in [0.25, 0.3) is 78.3 Å². The van der Waals surface area contributed by atoms with Crippen LogP contribution in [-0.4, -0.2) is 14.5 Å². The predicted octanol–water partition coefficient (Wildman–Crippen LogP) is 8.67. The standard InChI is InChI=1S/C38H29N4O/c1-24-18-20-28-29-22-27(31-23-30(25-12-6-4-7-13-25)39-37(40-31)26-14-8-5-9-15-26)19-21-34(29)43-36(28)35(24)38-41(2)32-16-10-11-17-33(32)42(38)3/h4-23H,1-3H3/q+1. The number of aromatic nitrogens is 4. The molecule has 5 aromatic carbocycles. The van der Waals surface area contributed by atoms with Gasteiger partial charge in [0.1, 0.15) is 11.1 Å². The summed E-state index contributed by atoms with van der Waals surface area (Å²) in [6, 6.07) is 41.8. The molecular formula is C38H29N4O+. The van der Waals surface area contributed by atoms with Crippen molar-refractivity contribution in [1.29, 1.82) is 0 Å². The Kier molecular flexibility index (Phi) is 5.73. The van der Waals surface area contributed by atoms with E-state index in [0.29, 0.717) is 5.82 Å². The van der Waals surface area contributed by atoms with E-state index in [-0.39, 0.29) is 0 Å². The van der Waals surface area contributed by atoms with Gasteiger partial charge in [-0.25, -0.2) is 19.1 Å². The molecule has 8 rings (SSSR count). The summed E-state index contributed by atoms with van der Waals surface area (Å²) < 4.78 is 11.2. The average Bonchev–Trinajstić information content (AvgIpc) is 3.55. The number of hydrogen-bond donors (Lipinski definition) is 0. The first kappa shape index (κ1) is 25.2. The van der Waals surface area contributed by atoms with Crippen molar-refractivity contribution in [3.8, 4) is 45.3 Å². The van der Waals surface area contributed by atoms with Gasteiger partial charge in [0.25, 0.3) is 5.82 Å². The van der Waals surface area contributed by atoms with E-state index in [1.807, 2.05) is 36.4 Å². The molecule has 0 saturated carbocycles. The molecule has 0 radical (unpaired) electrons. The lowest BCUT2D eigenvalue weighted by atomic mass is 10.0. The number of aryl methyl sites for hydroxylation is 3. The van der Waals surface area contributed by atoms with Gasteiger partial charge in [0, 0.05) is 27.5 Å². The molecule has 0 N–H and O–H groups in total. The largest absolute Gasteiger partial charge is 0.455 e. The van der Waals surface area contributed by atoms with E-state index in [2.05, 4.69) is 115 Å². The first-order chi connectivity index (χ1) is 21.1. The van der Waals surface area contributed by atoms with Crippen molar-refractivity contribution in [3.05, 3.63) is 127 Å². The number of imidazole rings is 1. The summed E-state index contributed by atoms with van der Waals surface area (Å²) in [5.41, 5.74) is 11.2. The van der Waals surface area contributed by atoms with Crippen molar-refractivity contribution in [1.82, 2.24) is 14.5 Å². The van der Waals surface area contributed by atoms with Crippen LogP contribution in [0.15, 0.2) is 126 Å². The Morgan fingerprint density at radius 1 is 0.651 bits per heavy atom. The molecule has 0 saturated heterocycles. The maximum absolute atomic E-state index is 6.64. The Bertz CT molecular complexity index is 2220. The van der Waals surface area contributed by atoms with Crippen LogP contribution < -0.4 is 4.57 Å². The Balaban J connectivity index is 1.34. The lowest BCUT2D eigenvalue weighted by Crippen LogP contribution is -2.30. The van der Waals surface area contributed by atoms with E-state index in [1.165, 1.54) is 16.6 Å². The Labute approximate surface area is 249 Å². The summed E-state index contributed by atoms with van der Waals surface area (Å²) in [6.07, 6.45) is 0. The third-order valence-corrected chi connectivity index (χ3v) is 8.43. The van der Waals surface area contributed by atoms with Crippen molar-refractivity contribution in [3.63, 3.8) is 0 Å². The molecule has 5 nitrogen and oxygen atoms in total. The first-order valence-corrected chi connectivity index (χ1v) is 14.5. The molecule has 206 valence electrons. The number of fused-ring (bicyclic) bond motifs is 4. The highest BCUT2D eigenvalue weighted by Crippen LogP contribution is 2.39. The average molecular weight is 558 g/mol. The molecule has 5 heteroatoms. The maximum Gasteiger partial charge on any atom is 0.293 e. The van der Waals surface area contributed by atoms with Crippen LogP contribution in [-0.2, 0) is 14.1 Å². The van der Waals surface area contributed by atoms with Crippen molar-refractivity contribution in [2.75, 3.05) is 0 Å². The minimum absolute atomic E-state index is 0.704. The van der Waals surface area contributed by atoms with E-state index in [1.54, 1.807) is 0 Å². The lowest BCUT2D eigenvalue weighted by Gasteiger charge is -2.09. The molecule has 43 heavy (non-hydrogen) atoms. The summed E-state index contributed by atoms with van der Waals surface area (Å²) in [5.74, 6) is 1.81. The fourth-order valence-corrected chi connectivity index (χ4v) is 6.26. The van der Waals surface area contributed by atoms with Gasteiger partial charge < -0.3 is 4.42 Å². The quantitative estimate of drug-likeness (QED) is 0.203. The molecule has 0 amide bonds. The van der Waals surface area contributed by atoms with E-state index in [9.17, 15) is 0 Å². The van der Waals surface area contributed by atoms with Crippen LogP contribution in [0.1, 0.15) is 5.56 Å². The molecule has 0 bridgehead atoms. The van der Waals surface area contributed by atoms with E-state index < -0.39 is 0 Å².